The van der Waals surface area contributed by atoms with Crippen molar-refractivity contribution in [3.8, 4) is 0 Å². The van der Waals surface area contributed by atoms with Gasteiger partial charge in [0.2, 0.25) is 11.6 Å². The van der Waals surface area contributed by atoms with Crippen LogP contribution in [0.15, 0.2) is 12.3 Å². The molecule has 0 aliphatic heterocycles. The van der Waals surface area contributed by atoms with Crippen molar-refractivity contribution in [2.24, 2.45) is 5.92 Å². The molecule has 3 aromatic heterocycles. The molecule has 3 rings (SSSR count). The molecule has 0 saturated heterocycles. The van der Waals surface area contributed by atoms with E-state index < -0.39 is 0 Å². The van der Waals surface area contributed by atoms with Crippen LogP contribution in [-0.4, -0.2) is 42.0 Å². The number of hydrogen-bond acceptors (Lipinski definition) is 7. The lowest BCUT2D eigenvalue weighted by atomic mass is 10.2. The Labute approximate surface area is 175 Å². The van der Waals surface area contributed by atoms with Gasteiger partial charge in [-0.3, -0.25) is 15.1 Å². The van der Waals surface area contributed by atoms with Gasteiger partial charge in [0.05, 0.1) is 5.52 Å². The minimum absolute atomic E-state index is 0.00282. The third-order valence-corrected chi connectivity index (χ3v) is 5.02. The van der Waals surface area contributed by atoms with Crippen LogP contribution in [-0.2, 0) is 22.8 Å². The summed E-state index contributed by atoms with van der Waals surface area (Å²) in [7, 11) is 0. The largest absolute Gasteiger partial charge is 0.356 e. The number of hydrogen-bond donors (Lipinski definition) is 2. The monoisotopic (exact) mass is 414 g/mol. The van der Waals surface area contributed by atoms with Gasteiger partial charge in [0, 0.05) is 30.4 Å². The number of nitrogens with one attached hydrogen (secondary N) is 2. The lowest BCUT2D eigenvalue weighted by molar-refractivity contribution is -0.123. The molecule has 10 heteroatoms. The number of unbranched alkanes of at least 4 members (excludes halogenated alkanes) is 1. The van der Waals surface area contributed by atoms with Gasteiger partial charge in [0.15, 0.2) is 0 Å². The molecule has 0 radical (unpaired) electrons. The highest BCUT2D eigenvalue weighted by Crippen LogP contribution is 2.26. The van der Waals surface area contributed by atoms with Gasteiger partial charge in [0.1, 0.15) is 17.9 Å². The van der Waals surface area contributed by atoms with Crippen LogP contribution >= 0.6 is 0 Å². The predicted molar refractivity (Wildman–Crippen MR) is 113 cm³/mol. The van der Waals surface area contributed by atoms with Gasteiger partial charge in [0.25, 0.3) is 0 Å². The van der Waals surface area contributed by atoms with Crippen LogP contribution in [0.25, 0.3) is 16.7 Å². The molecule has 0 atom stereocenters. The lowest BCUT2D eigenvalue weighted by Gasteiger charge is -2.13. The van der Waals surface area contributed by atoms with E-state index in [1.165, 1.54) is 0 Å². The van der Waals surface area contributed by atoms with E-state index >= 15 is 0 Å². The third-order valence-electron chi connectivity index (χ3n) is 5.02. The van der Waals surface area contributed by atoms with Gasteiger partial charge in [-0.05, 0) is 49.6 Å². The van der Waals surface area contributed by atoms with Crippen LogP contribution < -0.4 is 10.8 Å². The number of rotatable bonds is 10. The first-order valence-corrected chi connectivity index (χ1v) is 10.2. The molecular formula is C20H30N8O2. The Bertz CT molecular complexity index is 1070. The summed E-state index contributed by atoms with van der Waals surface area (Å²) in [5.41, 5.74) is 7.94. The zero-order valence-electron chi connectivity index (χ0n) is 18.3. The summed E-state index contributed by atoms with van der Waals surface area (Å²) in [6, 6.07) is 0. The fraction of sp³-hybridized carbons (Fsp3) is 0.550. The smallest absolute Gasteiger partial charge is 0.222 e. The normalized spacial score (nSPS) is 11.5. The molecule has 2 N–H and O–H groups in total. The number of nitrogens with zero attached hydrogens (tertiary/aromatic N) is 6. The second-order valence-electron chi connectivity index (χ2n) is 7.83. The number of amides is 1. The maximum atomic E-state index is 11.7. The molecule has 0 saturated carbocycles. The van der Waals surface area contributed by atoms with E-state index in [1.807, 2.05) is 27.7 Å². The van der Waals surface area contributed by atoms with E-state index in [2.05, 4.69) is 44.4 Å². The van der Waals surface area contributed by atoms with Crippen molar-refractivity contribution < 1.29 is 9.63 Å². The summed E-state index contributed by atoms with van der Waals surface area (Å²) in [6.07, 6.45) is 1.76. The maximum absolute atomic E-state index is 11.7. The summed E-state index contributed by atoms with van der Waals surface area (Å²) < 4.78 is 3.88. The lowest BCUT2D eigenvalue weighted by Crippen LogP contribution is -2.28. The number of aryl methyl sites for hydroxylation is 3. The number of allylic oxidation sites excluding steroid dienone is 1. The molecular weight excluding hydrogens is 384 g/mol. The quantitative estimate of drug-likeness (QED) is 0.386. The maximum Gasteiger partial charge on any atom is 0.222 e. The SMILES string of the molecule is C=C(C)NOCc1nc2c(c(C)c(C)n3nnnc23)n1CCCCNC(=O)C(C)C. The van der Waals surface area contributed by atoms with Crippen molar-refractivity contribution in [2.45, 2.75) is 60.6 Å². The molecule has 0 bridgehead atoms. The van der Waals surface area contributed by atoms with Crippen molar-refractivity contribution >= 4 is 22.6 Å². The molecule has 162 valence electrons. The van der Waals surface area contributed by atoms with Gasteiger partial charge >= 0.3 is 0 Å². The third kappa shape index (κ3) is 4.43. The van der Waals surface area contributed by atoms with Crippen molar-refractivity contribution in [1.29, 1.82) is 0 Å². The van der Waals surface area contributed by atoms with Crippen LogP contribution in [0.1, 0.15) is 50.7 Å². The van der Waals surface area contributed by atoms with Gasteiger partial charge < -0.3 is 9.88 Å². The van der Waals surface area contributed by atoms with Crippen LogP contribution in [0.5, 0.6) is 0 Å². The first kappa shape index (κ1) is 21.7. The molecule has 0 aliphatic rings. The zero-order chi connectivity index (χ0) is 21.8. The summed E-state index contributed by atoms with van der Waals surface area (Å²) in [4.78, 5) is 22.1. The summed E-state index contributed by atoms with van der Waals surface area (Å²) in [5, 5.41) is 15.0. The Kier molecular flexibility index (Phi) is 6.66. The Morgan fingerprint density at radius 1 is 1.27 bits per heavy atom. The first-order valence-electron chi connectivity index (χ1n) is 10.2. The fourth-order valence-corrected chi connectivity index (χ4v) is 3.31. The summed E-state index contributed by atoms with van der Waals surface area (Å²) >= 11 is 0. The number of carbonyl (C=O) groups excluding carboxylic acids is 1. The van der Waals surface area contributed by atoms with Crippen LogP contribution in [0, 0.1) is 19.8 Å². The molecule has 0 fully saturated rings. The Morgan fingerprint density at radius 3 is 2.73 bits per heavy atom. The molecule has 1 amide bonds. The molecule has 0 aromatic carbocycles. The topological polar surface area (TPSA) is 111 Å². The van der Waals surface area contributed by atoms with Crippen molar-refractivity contribution in [3.63, 3.8) is 0 Å². The van der Waals surface area contributed by atoms with Crippen molar-refractivity contribution in [2.75, 3.05) is 6.54 Å². The van der Waals surface area contributed by atoms with Gasteiger partial charge in [-0.15, -0.1) is 5.10 Å². The molecule has 0 aliphatic carbocycles. The minimum atomic E-state index is -0.00282. The molecule has 30 heavy (non-hydrogen) atoms. The molecule has 0 spiro atoms. The fourth-order valence-electron chi connectivity index (χ4n) is 3.31. The highest BCUT2D eigenvalue weighted by atomic mass is 16.6. The van der Waals surface area contributed by atoms with Crippen LogP contribution in [0.2, 0.25) is 0 Å². The van der Waals surface area contributed by atoms with Crippen LogP contribution in [0.4, 0.5) is 0 Å². The number of imidazole rings is 1. The Morgan fingerprint density at radius 2 is 2.03 bits per heavy atom. The highest BCUT2D eigenvalue weighted by Gasteiger charge is 2.20. The van der Waals surface area contributed by atoms with E-state index in [9.17, 15) is 4.79 Å². The summed E-state index contributed by atoms with van der Waals surface area (Å²) in [6.45, 7) is 15.1. The second-order valence-corrected chi connectivity index (χ2v) is 7.83. The number of fused-ring (bicyclic) bond motifs is 3. The molecule has 0 unspecified atom stereocenters. The molecule has 10 nitrogen and oxygen atoms in total. The number of carbonyl (C=O) groups is 1. The van der Waals surface area contributed by atoms with E-state index in [-0.39, 0.29) is 18.4 Å². The van der Waals surface area contributed by atoms with Gasteiger partial charge in [-0.2, -0.15) is 4.52 Å². The van der Waals surface area contributed by atoms with E-state index in [0.717, 1.165) is 53.2 Å². The molecule has 3 heterocycles. The average molecular weight is 415 g/mol. The average Bonchev–Trinajstić information content (AvgIpc) is 3.30. The Hall–Kier alpha value is -3.01. The van der Waals surface area contributed by atoms with Gasteiger partial charge in [-0.1, -0.05) is 20.4 Å². The summed E-state index contributed by atoms with van der Waals surface area (Å²) in [5.74, 6) is 0.858. The van der Waals surface area contributed by atoms with Crippen molar-refractivity contribution in [3.05, 3.63) is 29.4 Å². The van der Waals surface area contributed by atoms with Crippen LogP contribution in [0.3, 0.4) is 0 Å². The molecule has 3 aromatic rings. The van der Waals surface area contributed by atoms with Gasteiger partial charge in [-0.25, -0.2) is 4.98 Å². The first-order chi connectivity index (χ1) is 14.3. The zero-order valence-corrected chi connectivity index (χ0v) is 18.3. The highest BCUT2D eigenvalue weighted by molar-refractivity contribution is 5.91. The predicted octanol–water partition coefficient (Wildman–Crippen LogP) is 2.20. The second kappa shape index (κ2) is 9.21. The van der Waals surface area contributed by atoms with Crippen molar-refractivity contribution in [1.82, 2.24) is 40.4 Å². The number of tetrazole rings is 1. The standard InChI is InChI=1S/C20H30N8O2/c1-12(2)20(29)21-9-7-8-10-27-16(11-30-24-13(3)4)22-17-18(27)14(5)15(6)28-19(17)23-25-26-28/h12,24H,3,7-11H2,1-2,4-6H3,(H,21,29). The number of hydroxylamine groups is 1. The van der Waals surface area contributed by atoms with E-state index in [0.29, 0.717) is 12.2 Å². The number of pyridine rings is 1. The minimum Gasteiger partial charge on any atom is -0.356 e. The Balaban J connectivity index is 1.86. The van der Waals surface area contributed by atoms with E-state index in [4.69, 9.17) is 9.82 Å². The van der Waals surface area contributed by atoms with E-state index in [1.54, 1.807) is 4.52 Å². The number of aromatic nitrogens is 6.